The largest absolute Gasteiger partial charge is 0.444 e. The lowest BCUT2D eigenvalue weighted by Crippen LogP contribution is -2.34. The summed E-state index contributed by atoms with van der Waals surface area (Å²) >= 11 is 0. The highest BCUT2D eigenvalue weighted by Crippen LogP contribution is 2.24. The van der Waals surface area contributed by atoms with Crippen LogP contribution in [0.3, 0.4) is 0 Å². The molecule has 0 aliphatic carbocycles. The minimum absolute atomic E-state index is 0.105. The maximum atomic E-state index is 12.8. The number of alkyl carbamates (subject to hydrolysis) is 1. The van der Waals surface area contributed by atoms with Gasteiger partial charge < -0.3 is 20.3 Å². The molecule has 28 heavy (non-hydrogen) atoms. The fourth-order valence-corrected chi connectivity index (χ4v) is 2.71. The minimum atomic E-state index is -1.26. The van der Waals surface area contributed by atoms with Gasteiger partial charge in [0.1, 0.15) is 11.7 Å². The van der Waals surface area contributed by atoms with Gasteiger partial charge >= 0.3 is 6.09 Å². The fourth-order valence-electron chi connectivity index (χ4n) is 2.71. The van der Waals surface area contributed by atoms with Crippen molar-refractivity contribution < 1.29 is 24.5 Å². The number of hydrogen-bond donors (Lipinski definition) is 3. The third-order valence-corrected chi connectivity index (χ3v) is 4.03. The van der Waals surface area contributed by atoms with Crippen molar-refractivity contribution in [3.05, 3.63) is 71.3 Å². The Morgan fingerprint density at radius 2 is 1.61 bits per heavy atom. The molecular weight excluding hydrogens is 358 g/mol. The van der Waals surface area contributed by atoms with Crippen molar-refractivity contribution in [3.8, 4) is 0 Å². The predicted octanol–water partition coefficient (Wildman–Crippen LogP) is 3.23. The molecule has 0 saturated heterocycles. The van der Waals surface area contributed by atoms with Crippen LogP contribution in [0.4, 0.5) is 4.79 Å². The number of nitrogens with one attached hydrogen (secondary N) is 1. The summed E-state index contributed by atoms with van der Waals surface area (Å²) in [6, 6.07) is 15.4. The van der Waals surface area contributed by atoms with Gasteiger partial charge in [0.2, 0.25) is 0 Å². The monoisotopic (exact) mass is 385 g/mol. The Bertz CT molecular complexity index is 798. The van der Waals surface area contributed by atoms with Crippen molar-refractivity contribution >= 4 is 11.9 Å². The molecule has 0 aliphatic heterocycles. The number of benzene rings is 2. The molecule has 1 amide bonds. The molecule has 6 nitrogen and oxygen atoms in total. The lowest BCUT2D eigenvalue weighted by Gasteiger charge is -2.22. The zero-order valence-corrected chi connectivity index (χ0v) is 16.4. The van der Waals surface area contributed by atoms with E-state index in [1.807, 2.05) is 6.07 Å². The molecule has 0 fully saturated rings. The highest BCUT2D eigenvalue weighted by molar-refractivity contribution is 6.10. The standard InChI is InChI=1S/C22H27NO5/c1-22(2,3)28-21(27)23-14-13-18(24)20(26)17-12-8-7-11-16(17)19(25)15-9-5-4-6-10-15/h4-12,18,20,24,26H,13-14H2,1-3H3,(H,23,27). The summed E-state index contributed by atoms with van der Waals surface area (Å²) in [5, 5.41) is 23.5. The van der Waals surface area contributed by atoms with E-state index in [1.54, 1.807) is 69.3 Å². The van der Waals surface area contributed by atoms with Crippen LogP contribution in [0.1, 0.15) is 54.8 Å². The van der Waals surface area contributed by atoms with E-state index in [0.29, 0.717) is 16.7 Å². The number of aliphatic hydroxyl groups excluding tert-OH is 2. The van der Waals surface area contributed by atoms with Crippen LogP contribution in [0.5, 0.6) is 0 Å². The molecule has 0 saturated carbocycles. The molecule has 0 aromatic heterocycles. The molecule has 6 heteroatoms. The second kappa shape index (κ2) is 9.48. The van der Waals surface area contributed by atoms with E-state index in [4.69, 9.17) is 4.74 Å². The summed E-state index contributed by atoms with van der Waals surface area (Å²) in [4.78, 5) is 24.4. The summed E-state index contributed by atoms with van der Waals surface area (Å²) in [5.74, 6) is -0.227. The van der Waals surface area contributed by atoms with Gasteiger partial charge in [-0.05, 0) is 32.8 Å². The minimum Gasteiger partial charge on any atom is -0.444 e. The molecule has 2 unspecified atom stereocenters. The Morgan fingerprint density at radius 3 is 2.25 bits per heavy atom. The van der Waals surface area contributed by atoms with Crippen LogP contribution in [0.25, 0.3) is 0 Å². The normalized spacial score (nSPS) is 13.5. The maximum Gasteiger partial charge on any atom is 0.407 e. The van der Waals surface area contributed by atoms with Gasteiger partial charge in [0.25, 0.3) is 0 Å². The smallest absolute Gasteiger partial charge is 0.407 e. The molecule has 2 rings (SSSR count). The van der Waals surface area contributed by atoms with E-state index in [9.17, 15) is 19.8 Å². The molecule has 3 N–H and O–H groups in total. The van der Waals surface area contributed by atoms with Crippen LogP contribution >= 0.6 is 0 Å². The van der Waals surface area contributed by atoms with Crippen molar-refractivity contribution in [2.75, 3.05) is 6.54 Å². The topological polar surface area (TPSA) is 95.9 Å². The number of aliphatic hydroxyl groups is 2. The Hall–Kier alpha value is -2.70. The van der Waals surface area contributed by atoms with E-state index in [0.717, 1.165) is 0 Å². The first-order chi connectivity index (χ1) is 13.2. The Labute approximate surface area is 165 Å². The van der Waals surface area contributed by atoms with E-state index in [1.165, 1.54) is 0 Å². The second-order valence-electron chi connectivity index (χ2n) is 7.51. The molecule has 2 atom stereocenters. The molecule has 0 heterocycles. The second-order valence-corrected chi connectivity index (χ2v) is 7.51. The Balaban J connectivity index is 2.03. The zero-order valence-electron chi connectivity index (χ0n) is 16.4. The molecule has 150 valence electrons. The summed E-state index contributed by atoms with van der Waals surface area (Å²) in [7, 11) is 0. The van der Waals surface area contributed by atoms with Crippen LogP contribution in [0.2, 0.25) is 0 Å². The molecule has 2 aromatic carbocycles. The van der Waals surface area contributed by atoms with Crippen LogP contribution in [0.15, 0.2) is 54.6 Å². The van der Waals surface area contributed by atoms with Gasteiger partial charge in [-0.25, -0.2) is 4.79 Å². The average Bonchev–Trinajstić information content (AvgIpc) is 2.66. The summed E-state index contributed by atoms with van der Waals surface area (Å²) in [6.07, 6.45) is -2.90. The SMILES string of the molecule is CC(C)(C)OC(=O)NCCC(O)C(O)c1ccccc1C(=O)c1ccccc1. The van der Waals surface area contributed by atoms with Gasteiger partial charge in [-0.15, -0.1) is 0 Å². The van der Waals surface area contributed by atoms with Crippen LogP contribution in [0, 0.1) is 0 Å². The highest BCUT2D eigenvalue weighted by atomic mass is 16.6. The summed E-state index contributed by atoms with van der Waals surface area (Å²) in [5.41, 5.74) is 0.573. The van der Waals surface area contributed by atoms with Crippen LogP contribution in [-0.4, -0.2) is 40.3 Å². The third kappa shape index (κ3) is 6.18. The van der Waals surface area contributed by atoms with E-state index >= 15 is 0 Å². The lowest BCUT2D eigenvalue weighted by atomic mass is 9.92. The van der Waals surface area contributed by atoms with Crippen molar-refractivity contribution in [2.24, 2.45) is 0 Å². The highest BCUT2D eigenvalue weighted by Gasteiger charge is 2.24. The molecule has 0 spiro atoms. The number of hydrogen-bond acceptors (Lipinski definition) is 5. The Morgan fingerprint density at radius 1 is 1.00 bits per heavy atom. The zero-order chi connectivity index (χ0) is 20.7. The quantitative estimate of drug-likeness (QED) is 0.636. The van der Waals surface area contributed by atoms with Crippen molar-refractivity contribution in [1.82, 2.24) is 5.32 Å². The average molecular weight is 385 g/mol. The number of ether oxygens (including phenoxy) is 1. The fraction of sp³-hybridized carbons (Fsp3) is 0.364. The summed E-state index contributed by atoms with van der Waals surface area (Å²) in [6.45, 7) is 5.39. The van der Waals surface area contributed by atoms with E-state index in [-0.39, 0.29) is 18.7 Å². The molecule has 0 aliphatic rings. The number of rotatable bonds is 7. The third-order valence-electron chi connectivity index (χ3n) is 4.03. The van der Waals surface area contributed by atoms with Gasteiger partial charge in [0.15, 0.2) is 5.78 Å². The maximum absolute atomic E-state index is 12.8. The number of carbonyl (C=O) groups is 2. The van der Waals surface area contributed by atoms with E-state index < -0.39 is 23.9 Å². The van der Waals surface area contributed by atoms with Gasteiger partial charge in [-0.3, -0.25) is 4.79 Å². The number of amides is 1. The van der Waals surface area contributed by atoms with Crippen molar-refractivity contribution in [2.45, 2.75) is 45.0 Å². The number of ketones is 1. The first kappa shape index (κ1) is 21.6. The Kier molecular flexibility index (Phi) is 7.31. The molecule has 0 bridgehead atoms. The number of carbonyl (C=O) groups excluding carboxylic acids is 2. The lowest BCUT2D eigenvalue weighted by molar-refractivity contribution is 0.0119. The van der Waals surface area contributed by atoms with E-state index in [2.05, 4.69) is 5.32 Å². The van der Waals surface area contributed by atoms with Crippen LogP contribution in [-0.2, 0) is 4.74 Å². The van der Waals surface area contributed by atoms with Crippen molar-refractivity contribution in [1.29, 1.82) is 0 Å². The van der Waals surface area contributed by atoms with Gasteiger partial charge in [-0.1, -0.05) is 54.6 Å². The molecular formula is C22H27NO5. The predicted molar refractivity (Wildman–Crippen MR) is 106 cm³/mol. The molecule has 0 radical (unpaired) electrons. The van der Waals surface area contributed by atoms with Gasteiger partial charge in [0, 0.05) is 17.7 Å². The van der Waals surface area contributed by atoms with Crippen molar-refractivity contribution in [3.63, 3.8) is 0 Å². The first-order valence-corrected chi connectivity index (χ1v) is 9.20. The molecule has 2 aromatic rings. The summed E-state index contributed by atoms with van der Waals surface area (Å²) < 4.78 is 5.13. The first-order valence-electron chi connectivity index (χ1n) is 9.20. The van der Waals surface area contributed by atoms with Crippen LogP contribution < -0.4 is 5.32 Å². The van der Waals surface area contributed by atoms with Gasteiger partial charge in [0.05, 0.1) is 6.10 Å². The van der Waals surface area contributed by atoms with Gasteiger partial charge in [-0.2, -0.15) is 0 Å².